The highest BCUT2D eigenvalue weighted by Gasteiger charge is 2.20. The zero-order valence-electron chi connectivity index (χ0n) is 11.3. The molecule has 3 rings (SSSR count). The minimum absolute atomic E-state index is 0.178. The van der Waals surface area contributed by atoms with Gasteiger partial charge in [-0.05, 0) is 24.3 Å². The predicted molar refractivity (Wildman–Crippen MR) is 77.7 cm³/mol. The van der Waals surface area contributed by atoms with E-state index in [1.165, 1.54) is 4.90 Å². The highest BCUT2D eigenvalue weighted by atomic mass is 16.2. The summed E-state index contributed by atoms with van der Waals surface area (Å²) in [4.78, 5) is 22.6. The molecule has 2 aromatic heterocycles. The molecule has 0 bridgehead atoms. The maximum Gasteiger partial charge on any atom is 0.295 e. The molecule has 0 aliphatic heterocycles. The minimum atomic E-state index is -0.178. The Morgan fingerprint density at radius 1 is 1.15 bits per heavy atom. The monoisotopic (exact) mass is 266 g/mol. The Labute approximate surface area is 116 Å². The van der Waals surface area contributed by atoms with Crippen LogP contribution in [0.2, 0.25) is 0 Å². The van der Waals surface area contributed by atoms with Crippen molar-refractivity contribution in [1.29, 1.82) is 0 Å². The van der Waals surface area contributed by atoms with Crippen LogP contribution in [0.1, 0.15) is 10.6 Å². The van der Waals surface area contributed by atoms with Crippen molar-refractivity contribution in [2.24, 2.45) is 7.05 Å². The lowest BCUT2D eigenvalue weighted by atomic mass is 10.3. The van der Waals surface area contributed by atoms with Gasteiger partial charge in [0.05, 0.1) is 11.0 Å². The Morgan fingerprint density at radius 3 is 2.60 bits per heavy atom. The molecule has 5 heteroatoms. The summed E-state index contributed by atoms with van der Waals surface area (Å²) in [6.07, 6.45) is 1.66. The lowest BCUT2D eigenvalue weighted by Gasteiger charge is -2.15. The highest BCUT2D eigenvalue weighted by molar-refractivity contribution is 6.04. The quantitative estimate of drug-likeness (QED) is 0.714. The Bertz CT molecular complexity index is 764. The molecule has 100 valence electrons. The average Bonchev–Trinajstić information content (AvgIpc) is 2.84. The maximum atomic E-state index is 12.5. The SMILES string of the molecule is CN(C(=O)c1nc2ccccc2n1C)c1ccccn1. The number of anilines is 1. The first kappa shape index (κ1) is 12.3. The molecule has 0 saturated carbocycles. The molecule has 0 aliphatic rings. The lowest BCUT2D eigenvalue weighted by molar-refractivity contribution is 0.0980. The molecule has 20 heavy (non-hydrogen) atoms. The minimum Gasteiger partial charge on any atom is -0.323 e. The van der Waals surface area contributed by atoms with E-state index in [2.05, 4.69) is 9.97 Å². The highest BCUT2D eigenvalue weighted by Crippen LogP contribution is 2.17. The van der Waals surface area contributed by atoms with Crippen molar-refractivity contribution in [3.05, 3.63) is 54.5 Å². The van der Waals surface area contributed by atoms with Crippen LogP contribution in [0.3, 0.4) is 0 Å². The molecule has 0 spiro atoms. The molecule has 5 nitrogen and oxygen atoms in total. The van der Waals surface area contributed by atoms with Crippen molar-refractivity contribution in [3.63, 3.8) is 0 Å². The summed E-state index contributed by atoms with van der Waals surface area (Å²) in [5.41, 5.74) is 1.75. The third-order valence-corrected chi connectivity index (χ3v) is 3.28. The zero-order chi connectivity index (χ0) is 14.1. The number of benzene rings is 1. The Hall–Kier alpha value is -2.69. The number of hydrogen-bond acceptors (Lipinski definition) is 3. The van der Waals surface area contributed by atoms with Gasteiger partial charge >= 0.3 is 0 Å². The molecule has 1 amide bonds. The van der Waals surface area contributed by atoms with Gasteiger partial charge in [-0.1, -0.05) is 18.2 Å². The molecule has 0 fully saturated rings. The fourth-order valence-corrected chi connectivity index (χ4v) is 2.14. The van der Waals surface area contributed by atoms with E-state index in [1.54, 1.807) is 23.9 Å². The molecule has 0 unspecified atom stereocenters. The predicted octanol–water partition coefficient (Wildman–Crippen LogP) is 2.24. The summed E-state index contributed by atoms with van der Waals surface area (Å²) in [6.45, 7) is 0. The van der Waals surface area contributed by atoms with E-state index < -0.39 is 0 Å². The Kier molecular flexibility index (Phi) is 2.95. The van der Waals surface area contributed by atoms with Gasteiger partial charge in [-0.25, -0.2) is 9.97 Å². The van der Waals surface area contributed by atoms with E-state index in [-0.39, 0.29) is 5.91 Å². The van der Waals surface area contributed by atoms with Gasteiger partial charge in [-0.2, -0.15) is 0 Å². The number of aromatic nitrogens is 3. The van der Waals surface area contributed by atoms with Crippen molar-refractivity contribution in [2.75, 3.05) is 11.9 Å². The van der Waals surface area contributed by atoms with E-state index in [0.29, 0.717) is 11.6 Å². The Balaban J connectivity index is 2.03. The molecule has 0 atom stereocenters. The van der Waals surface area contributed by atoms with Crippen molar-refractivity contribution < 1.29 is 4.79 Å². The van der Waals surface area contributed by atoms with Crippen LogP contribution in [0.4, 0.5) is 5.82 Å². The fourth-order valence-electron chi connectivity index (χ4n) is 2.14. The van der Waals surface area contributed by atoms with Crippen LogP contribution in [0, 0.1) is 0 Å². The van der Waals surface area contributed by atoms with Gasteiger partial charge in [0.1, 0.15) is 5.82 Å². The lowest BCUT2D eigenvalue weighted by Crippen LogP contribution is -2.29. The topological polar surface area (TPSA) is 51.0 Å². The summed E-state index contributed by atoms with van der Waals surface area (Å²) in [7, 11) is 3.54. The number of fused-ring (bicyclic) bond motifs is 1. The van der Waals surface area contributed by atoms with E-state index in [9.17, 15) is 4.79 Å². The molecule has 0 aliphatic carbocycles. The summed E-state index contributed by atoms with van der Waals surface area (Å²) < 4.78 is 1.80. The molecule has 2 heterocycles. The second-order valence-electron chi connectivity index (χ2n) is 4.54. The first-order chi connectivity index (χ1) is 9.68. The third kappa shape index (κ3) is 1.93. The number of hydrogen-bond donors (Lipinski definition) is 0. The number of nitrogens with zero attached hydrogens (tertiary/aromatic N) is 4. The number of imidazole rings is 1. The summed E-state index contributed by atoms with van der Waals surface area (Å²) in [6, 6.07) is 13.1. The number of para-hydroxylation sites is 2. The van der Waals surface area contributed by atoms with Gasteiger partial charge in [0.2, 0.25) is 0 Å². The standard InChI is InChI=1S/C15H14N4O/c1-18-12-8-4-3-7-11(12)17-14(18)15(20)19(2)13-9-5-6-10-16-13/h3-10H,1-2H3. The largest absolute Gasteiger partial charge is 0.323 e. The summed E-state index contributed by atoms with van der Waals surface area (Å²) in [5.74, 6) is 0.825. The number of carbonyl (C=O) groups excluding carboxylic acids is 1. The van der Waals surface area contributed by atoms with E-state index in [0.717, 1.165) is 11.0 Å². The van der Waals surface area contributed by atoms with Crippen molar-refractivity contribution >= 4 is 22.8 Å². The van der Waals surface area contributed by atoms with Crippen molar-refractivity contribution in [3.8, 4) is 0 Å². The molecule has 0 N–H and O–H groups in total. The Morgan fingerprint density at radius 2 is 1.90 bits per heavy atom. The average molecular weight is 266 g/mol. The van der Waals surface area contributed by atoms with Gasteiger partial charge in [0, 0.05) is 20.3 Å². The molecule has 0 saturated heterocycles. The molecule has 0 radical (unpaired) electrons. The van der Waals surface area contributed by atoms with E-state index in [1.807, 2.05) is 43.4 Å². The molecular formula is C15H14N4O. The van der Waals surface area contributed by atoms with Crippen LogP contribution in [-0.2, 0) is 7.05 Å². The second-order valence-corrected chi connectivity index (χ2v) is 4.54. The van der Waals surface area contributed by atoms with Gasteiger partial charge in [0.15, 0.2) is 5.82 Å². The van der Waals surface area contributed by atoms with Crippen molar-refractivity contribution in [1.82, 2.24) is 14.5 Å². The molecular weight excluding hydrogens is 252 g/mol. The van der Waals surface area contributed by atoms with E-state index >= 15 is 0 Å². The second kappa shape index (κ2) is 4.77. The van der Waals surface area contributed by atoms with Gasteiger partial charge in [-0.3, -0.25) is 9.69 Å². The van der Waals surface area contributed by atoms with E-state index in [4.69, 9.17) is 0 Å². The fraction of sp³-hybridized carbons (Fsp3) is 0.133. The van der Waals surface area contributed by atoms with Crippen LogP contribution in [0.15, 0.2) is 48.7 Å². The molecule has 1 aromatic carbocycles. The van der Waals surface area contributed by atoms with Crippen LogP contribution >= 0.6 is 0 Å². The summed E-state index contributed by atoms with van der Waals surface area (Å²) >= 11 is 0. The maximum absolute atomic E-state index is 12.5. The van der Waals surface area contributed by atoms with Crippen molar-refractivity contribution in [2.45, 2.75) is 0 Å². The number of amides is 1. The van der Waals surface area contributed by atoms with Gasteiger partial charge in [0.25, 0.3) is 5.91 Å². The van der Waals surface area contributed by atoms with Crippen LogP contribution in [0.5, 0.6) is 0 Å². The number of carbonyl (C=O) groups is 1. The van der Waals surface area contributed by atoms with Gasteiger partial charge < -0.3 is 4.57 Å². The number of pyridine rings is 1. The van der Waals surface area contributed by atoms with Gasteiger partial charge in [-0.15, -0.1) is 0 Å². The third-order valence-electron chi connectivity index (χ3n) is 3.28. The smallest absolute Gasteiger partial charge is 0.295 e. The zero-order valence-corrected chi connectivity index (χ0v) is 11.3. The summed E-state index contributed by atoms with van der Waals surface area (Å²) in [5, 5.41) is 0. The molecule has 3 aromatic rings. The van der Waals surface area contributed by atoms with Crippen LogP contribution in [0.25, 0.3) is 11.0 Å². The van der Waals surface area contributed by atoms with Crippen LogP contribution in [-0.4, -0.2) is 27.5 Å². The normalized spacial score (nSPS) is 10.7. The van der Waals surface area contributed by atoms with Crippen LogP contribution < -0.4 is 4.90 Å². The number of aryl methyl sites for hydroxylation is 1. The first-order valence-electron chi connectivity index (χ1n) is 6.29. The first-order valence-corrected chi connectivity index (χ1v) is 6.29. The number of rotatable bonds is 2.